The first-order valence-electron chi connectivity index (χ1n) is 6.62. The summed E-state index contributed by atoms with van der Waals surface area (Å²) >= 11 is 0. The van der Waals surface area contributed by atoms with Crippen molar-refractivity contribution in [1.29, 1.82) is 0 Å². The first-order valence-corrected chi connectivity index (χ1v) is 6.62. The van der Waals surface area contributed by atoms with Gasteiger partial charge in [-0.1, -0.05) is 36.4 Å². The van der Waals surface area contributed by atoms with Crippen LogP contribution in [0.4, 0.5) is 4.39 Å². The molecule has 1 unspecified atom stereocenters. The van der Waals surface area contributed by atoms with Gasteiger partial charge in [-0.15, -0.1) is 0 Å². The number of hydrogen-bond donors (Lipinski definition) is 1. The minimum atomic E-state index is -0.150. The van der Waals surface area contributed by atoms with E-state index in [1.807, 2.05) is 19.1 Å². The van der Waals surface area contributed by atoms with Crippen LogP contribution >= 0.6 is 0 Å². The molecule has 0 radical (unpaired) electrons. The average molecular weight is 257 g/mol. The van der Waals surface area contributed by atoms with Crippen molar-refractivity contribution >= 4 is 0 Å². The van der Waals surface area contributed by atoms with Gasteiger partial charge in [0.1, 0.15) is 5.82 Å². The van der Waals surface area contributed by atoms with Crippen molar-refractivity contribution in [1.82, 2.24) is 5.32 Å². The summed E-state index contributed by atoms with van der Waals surface area (Å²) in [7, 11) is 0. The Morgan fingerprint density at radius 1 is 1.05 bits per heavy atom. The average Bonchev–Trinajstić information content (AvgIpc) is 2.40. The van der Waals surface area contributed by atoms with Crippen molar-refractivity contribution in [2.24, 2.45) is 0 Å². The Morgan fingerprint density at radius 2 is 1.79 bits per heavy atom. The second kappa shape index (κ2) is 5.98. The summed E-state index contributed by atoms with van der Waals surface area (Å²) < 4.78 is 13.6. The molecule has 1 N–H and O–H groups in total. The maximum atomic E-state index is 13.6. The van der Waals surface area contributed by atoms with Crippen LogP contribution in [0.5, 0.6) is 0 Å². The predicted molar refractivity (Wildman–Crippen MR) is 77.6 cm³/mol. The number of rotatable bonds is 4. The van der Waals surface area contributed by atoms with E-state index in [0.29, 0.717) is 5.56 Å². The summed E-state index contributed by atoms with van der Waals surface area (Å²) in [5.74, 6) is -0.150. The minimum absolute atomic E-state index is 0.00260. The summed E-state index contributed by atoms with van der Waals surface area (Å²) in [6.45, 7) is 6.95. The van der Waals surface area contributed by atoms with Gasteiger partial charge in [-0.25, -0.2) is 4.39 Å². The summed E-state index contributed by atoms with van der Waals surface area (Å²) in [5.41, 5.74) is 4.53. The molecule has 19 heavy (non-hydrogen) atoms. The standard InChI is InChI=1S/C17H20FN/c1-12-8-9-15(10-13(12)2)11-19-14(3)16-6-4-5-7-17(16)18/h4-10,14,19H,11H2,1-3H3. The largest absolute Gasteiger partial charge is 0.306 e. The van der Waals surface area contributed by atoms with Crippen LogP contribution < -0.4 is 5.32 Å². The molecule has 0 saturated heterocycles. The third-order valence-corrected chi connectivity index (χ3v) is 3.56. The summed E-state index contributed by atoms with van der Waals surface area (Å²) in [6.07, 6.45) is 0. The lowest BCUT2D eigenvalue weighted by atomic mass is 10.0. The van der Waals surface area contributed by atoms with Crippen LogP contribution in [0.15, 0.2) is 42.5 Å². The first kappa shape index (κ1) is 13.8. The fourth-order valence-corrected chi connectivity index (χ4v) is 2.12. The van der Waals surface area contributed by atoms with E-state index in [9.17, 15) is 4.39 Å². The molecule has 0 amide bonds. The predicted octanol–water partition coefficient (Wildman–Crippen LogP) is 4.29. The van der Waals surface area contributed by atoms with E-state index in [1.54, 1.807) is 6.07 Å². The molecule has 0 bridgehead atoms. The van der Waals surface area contributed by atoms with Crippen molar-refractivity contribution in [3.63, 3.8) is 0 Å². The van der Waals surface area contributed by atoms with Crippen molar-refractivity contribution in [2.45, 2.75) is 33.4 Å². The summed E-state index contributed by atoms with van der Waals surface area (Å²) in [4.78, 5) is 0. The molecular weight excluding hydrogens is 237 g/mol. The molecule has 1 nitrogen and oxygen atoms in total. The fourth-order valence-electron chi connectivity index (χ4n) is 2.12. The lowest BCUT2D eigenvalue weighted by molar-refractivity contribution is 0.528. The Kier molecular flexibility index (Phi) is 4.33. The molecule has 0 fully saturated rings. The highest BCUT2D eigenvalue weighted by Gasteiger charge is 2.09. The van der Waals surface area contributed by atoms with Gasteiger partial charge in [0.15, 0.2) is 0 Å². The Hall–Kier alpha value is -1.67. The molecule has 0 aliphatic carbocycles. The summed E-state index contributed by atoms with van der Waals surface area (Å²) in [6, 6.07) is 13.3. The van der Waals surface area contributed by atoms with Gasteiger partial charge in [-0.05, 0) is 43.5 Å². The smallest absolute Gasteiger partial charge is 0.127 e. The third kappa shape index (κ3) is 3.42. The lowest BCUT2D eigenvalue weighted by Crippen LogP contribution is -2.19. The number of nitrogens with one attached hydrogen (secondary N) is 1. The molecule has 2 aromatic carbocycles. The quantitative estimate of drug-likeness (QED) is 0.861. The Bertz CT molecular complexity index is 563. The second-order valence-corrected chi connectivity index (χ2v) is 5.04. The Labute approximate surface area is 114 Å². The zero-order chi connectivity index (χ0) is 13.8. The molecule has 2 rings (SSSR count). The maximum Gasteiger partial charge on any atom is 0.127 e. The van der Waals surface area contributed by atoms with Gasteiger partial charge in [-0.2, -0.15) is 0 Å². The van der Waals surface area contributed by atoms with Gasteiger partial charge < -0.3 is 5.32 Å². The highest BCUT2D eigenvalue weighted by Crippen LogP contribution is 2.17. The normalized spacial score (nSPS) is 12.4. The summed E-state index contributed by atoms with van der Waals surface area (Å²) in [5, 5.41) is 3.36. The molecular formula is C17H20FN. The SMILES string of the molecule is Cc1ccc(CNC(C)c2ccccc2F)cc1C. The van der Waals surface area contributed by atoms with Crippen LogP contribution in [0.25, 0.3) is 0 Å². The van der Waals surface area contributed by atoms with E-state index in [0.717, 1.165) is 6.54 Å². The molecule has 0 aliphatic rings. The van der Waals surface area contributed by atoms with E-state index in [4.69, 9.17) is 0 Å². The van der Waals surface area contributed by atoms with Gasteiger partial charge in [0.05, 0.1) is 0 Å². The molecule has 0 aliphatic heterocycles. The minimum Gasteiger partial charge on any atom is -0.306 e. The van der Waals surface area contributed by atoms with Crippen LogP contribution in [0.3, 0.4) is 0 Å². The number of hydrogen-bond acceptors (Lipinski definition) is 1. The van der Waals surface area contributed by atoms with Crippen LogP contribution in [0, 0.1) is 19.7 Å². The number of halogens is 1. The molecule has 1 atom stereocenters. The highest BCUT2D eigenvalue weighted by atomic mass is 19.1. The van der Waals surface area contributed by atoms with Crippen molar-refractivity contribution in [2.75, 3.05) is 0 Å². The van der Waals surface area contributed by atoms with Crippen LogP contribution in [-0.2, 0) is 6.54 Å². The molecule has 2 aromatic rings. The van der Waals surface area contributed by atoms with E-state index in [2.05, 4.69) is 37.4 Å². The first-order chi connectivity index (χ1) is 9.08. The zero-order valence-corrected chi connectivity index (χ0v) is 11.7. The van der Waals surface area contributed by atoms with Gasteiger partial charge in [0.25, 0.3) is 0 Å². The van der Waals surface area contributed by atoms with Gasteiger partial charge in [0, 0.05) is 18.2 Å². The number of benzene rings is 2. The molecule has 0 aromatic heterocycles. The monoisotopic (exact) mass is 257 g/mol. The van der Waals surface area contributed by atoms with E-state index in [-0.39, 0.29) is 11.9 Å². The number of aryl methyl sites for hydroxylation is 2. The van der Waals surface area contributed by atoms with Gasteiger partial charge >= 0.3 is 0 Å². The molecule has 0 heterocycles. The molecule has 100 valence electrons. The van der Waals surface area contributed by atoms with Gasteiger partial charge in [-0.3, -0.25) is 0 Å². The van der Waals surface area contributed by atoms with Gasteiger partial charge in [0.2, 0.25) is 0 Å². The van der Waals surface area contributed by atoms with E-state index >= 15 is 0 Å². The fraction of sp³-hybridized carbons (Fsp3) is 0.294. The highest BCUT2D eigenvalue weighted by molar-refractivity contribution is 5.30. The van der Waals surface area contributed by atoms with E-state index < -0.39 is 0 Å². The second-order valence-electron chi connectivity index (χ2n) is 5.04. The van der Waals surface area contributed by atoms with Crippen LogP contribution in [0.1, 0.15) is 35.2 Å². The zero-order valence-electron chi connectivity index (χ0n) is 11.7. The van der Waals surface area contributed by atoms with Crippen LogP contribution in [-0.4, -0.2) is 0 Å². The Morgan fingerprint density at radius 3 is 2.47 bits per heavy atom. The topological polar surface area (TPSA) is 12.0 Å². The molecule has 0 spiro atoms. The maximum absolute atomic E-state index is 13.6. The van der Waals surface area contributed by atoms with Crippen molar-refractivity contribution in [3.05, 3.63) is 70.5 Å². The molecule has 2 heteroatoms. The van der Waals surface area contributed by atoms with Crippen molar-refractivity contribution in [3.8, 4) is 0 Å². The van der Waals surface area contributed by atoms with E-state index in [1.165, 1.54) is 22.8 Å². The molecule has 0 saturated carbocycles. The third-order valence-electron chi connectivity index (χ3n) is 3.56. The Balaban J connectivity index is 2.02. The lowest BCUT2D eigenvalue weighted by Gasteiger charge is -2.15. The van der Waals surface area contributed by atoms with Crippen molar-refractivity contribution < 1.29 is 4.39 Å². The van der Waals surface area contributed by atoms with Crippen LogP contribution in [0.2, 0.25) is 0 Å².